The van der Waals surface area contributed by atoms with Crippen molar-refractivity contribution >= 4 is 39.6 Å². The molecule has 0 aliphatic heterocycles. The Bertz CT molecular complexity index is 1030. The van der Waals surface area contributed by atoms with Gasteiger partial charge in [0.1, 0.15) is 5.82 Å². The number of nitrogens with one attached hydrogen (secondary N) is 2. The van der Waals surface area contributed by atoms with Gasteiger partial charge in [-0.1, -0.05) is 18.2 Å². The zero-order valence-electron chi connectivity index (χ0n) is 15.1. The molecular formula is C20H18FN3O2S2. The van der Waals surface area contributed by atoms with Crippen molar-refractivity contribution < 1.29 is 14.0 Å². The normalized spacial score (nSPS) is 17.9. The molecule has 1 aromatic carbocycles. The number of thiazole rings is 1. The maximum absolute atomic E-state index is 13.9. The second-order valence-corrected chi connectivity index (χ2v) is 8.70. The standard InChI is InChI=1S/C20H18FN3O2S2/c1-11(25)22-9-12-6-7-18(28-12)17-10-27-20(23-17)24-19(26)15-8-14(15)13-4-2-3-5-16(13)21/h2-7,10,14-15H,8-9H2,1H3,(H,22,25)(H,23,24,26). The van der Waals surface area contributed by atoms with E-state index in [2.05, 4.69) is 15.6 Å². The first-order chi connectivity index (χ1) is 13.5. The summed E-state index contributed by atoms with van der Waals surface area (Å²) in [5.41, 5.74) is 1.40. The summed E-state index contributed by atoms with van der Waals surface area (Å²) in [6.45, 7) is 1.98. The van der Waals surface area contributed by atoms with Crippen LogP contribution < -0.4 is 10.6 Å². The number of hydrogen-bond donors (Lipinski definition) is 2. The van der Waals surface area contributed by atoms with Crippen LogP contribution in [0.2, 0.25) is 0 Å². The number of amides is 2. The van der Waals surface area contributed by atoms with E-state index in [1.165, 1.54) is 24.3 Å². The number of aromatic nitrogens is 1. The molecule has 8 heteroatoms. The first-order valence-electron chi connectivity index (χ1n) is 8.85. The fourth-order valence-corrected chi connectivity index (χ4v) is 4.77. The van der Waals surface area contributed by atoms with Crippen LogP contribution in [0.5, 0.6) is 0 Å². The van der Waals surface area contributed by atoms with E-state index in [9.17, 15) is 14.0 Å². The Morgan fingerprint density at radius 2 is 2.07 bits per heavy atom. The lowest BCUT2D eigenvalue weighted by Gasteiger charge is -2.02. The highest BCUT2D eigenvalue weighted by Crippen LogP contribution is 2.48. The highest BCUT2D eigenvalue weighted by molar-refractivity contribution is 7.17. The molecule has 2 aromatic heterocycles. The Labute approximate surface area is 169 Å². The van der Waals surface area contributed by atoms with Crippen LogP contribution in [0.3, 0.4) is 0 Å². The van der Waals surface area contributed by atoms with Crippen molar-refractivity contribution in [2.24, 2.45) is 5.92 Å². The van der Waals surface area contributed by atoms with E-state index in [1.807, 2.05) is 17.5 Å². The van der Waals surface area contributed by atoms with Gasteiger partial charge < -0.3 is 10.6 Å². The van der Waals surface area contributed by atoms with E-state index >= 15 is 0 Å². The maximum atomic E-state index is 13.9. The first kappa shape index (κ1) is 18.8. The lowest BCUT2D eigenvalue weighted by atomic mass is 10.1. The molecule has 0 bridgehead atoms. The van der Waals surface area contributed by atoms with Gasteiger partial charge in [-0.15, -0.1) is 22.7 Å². The second-order valence-electron chi connectivity index (χ2n) is 6.67. The molecule has 144 valence electrons. The fourth-order valence-electron chi connectivity index (χ4n) is 3.07. The third-order valence-electron chi connectivity index (χ3n) is 4.59. The molecule has 1 aliphatic rings. The van der Waals surface area contributed by atoms with Crippen molar-refractivity contribution in [2.75, 3.05) is 5.32 Å². The van der Waals surface area contributed by atoms with Gasteiger partial charge in [0.05, 0.1) is 17.1 Å². The fraction of sp³-hybridized carbons (Fsp3) is 0.250. The molecule has 0 saturated heterocycles. The van der Waals surface area contributed by atoms with Gasteiger partial charge in [0.25, 0.3) is 0 Å². The average molecular weight is 416 g/mol. The van der Waals surface area contributed by atoms with Gasteiger partial charge in [0.15, 0.2) is 5.13 Å². The van der Waals surface area contributed by atoms with Crippen molar-refractivity contribution in [3.05, 3.63) is 58.0 Å². The van der Waals surface area contributed by atoms with E-state index in [4.69, 9.17) is 0 Å². The second kappa shape index (κ2) is 7.81. The van der Waals surface area contributed by atoms with Gasteiger partial charge >= 0.3 is 0 Å². The Hall–Kier alpha value is -2.58. The van der Waals surface area contributed by atoms with Gasteiger partial charge in [0.2, 0.25) is 11.8 Å². The summed E-state index contributed by atoms with van der Waals surface area (Å²) < 4.78 is 13.9. The molecule has 4 rings (SSSR count). The molecule has 1 fully saturated rings. The molecule has 28 heavy (non-hydrogen) atoms. The van der Waals surface area contributed by atoms with E-state index in [-0.39, 0.29) is 29.5 Å². The number of carbonyl (C=O) groups excluding carboxylic acids is 2. The lowest BCUT2D eigenvalue weighted by molar-refractivity contribution is -0.119. The first-order valence-corrected chi connectivity index (χ1v) is 10.5. The molecule has 2 N–H and O–H groups in total. The molecule has 1 aliphatic carbocycles. The van der Waals surface area contributed by atoms with Crippen LogP contribution in [0.1, 0.15) is 29.7 Å². The van der Waals surface area contributed by atoms with E-state index in [1.54, 1.807) is 29.5 Å². The smallest absolute Gasteiger partial charge is 0.229 e. The molecule has 2 heterocycles. The van der Waals surface area contributed by atoms with E-state index in [0.717, 1.165) is 15.4 Å². The molecular weight excluding hydrogens is 397 g/mol. The highest BCUT2D eigenvalue weighted by atomic mass is 32.1. The number of benzene rings is 1. The van der Waals surface area contributed by atoms with Gasteiger partial charge in [0, 0.05) is 23.1 Å². The number of nitrogens with zero attached hydrogens (tertiary/aromatic N) is 1. The predicted octanol–water partition coefficient (Wildman–Crippen LogP) is 4.39. The van der Waals surface area contributed by atoms with Crippen molar-refractivity contribution in [3.63, 3.8) is 0 Å². The molecule has 2 atom stereocenters. The maximum Gasteiger partial charge on any atom is 0.229 e. The molecule has 5 nitrogen and oxygen atoms in total. The quantitative estimate of drug-likeness (QED) is 0.627. The van der Waals surface area contributed by atoms with Crippen LogP contribution in [-0.2, 0) is 16.1 Å². The number of anilines is 1. The lowest BCUT2D eigenvalue weighted by Crippen LogP contribution is -2.17. The SMILES string of the molecule is CC(=O)NCc1ccc(-c2csc(NC(=O)C3CC3c3ccccc3F)n2)s1. The Morgan fingerprint density at radius 3 is 2.86 bits per heavy atom. The van der Waals surface area contributed by atoms with Crippen LogP contribution in [0, 0.1) is 11.7 Å². The molecule has 2 unspecified atom stereocenters. The Balaban J connectivity index is 1.37. The van der Waals surface area contributed by atoms with Crippen molar-refractivity contribution in [3.8, 4) is 10.6 Å². The van der Waals surface area contributed by atoms with Crippen molar-refractivity contribution in [1.82, 2.24) is 10.3 Å². The Kier molecular flexibility index (Phi) is 5.23. The topological polar surface area (TPSA) is 71.1 Å². The summed E-state index contributed by atoms with van der Waals surface area (Å²) in [6, 6.07) is 10.5. The summed E-state index contributed by atoms with van der Waals surface area (Å²) in [4.78, 5) is 30.0. The number of hydrogen-bond acceptors (Lipinski definition) is 5. The minimum atomic E-state index is -0.257. The summed E-state index contributed by atoms with van der Waals surface area (Å²) in [5, 5.41) is 8.05. The third kappa shape index (κ3) is 4.13. The van der Waals surface area contributed by atoms with Crippen LogP contribution in [0.4, 0.5) is 9.52 Å². The molecule has 0 radical (unpaired) electrons. The van der Waals surface area contributed by atoms with E-state index < -0.39 is 0 Å². The monoisotopic (exact) mass is 415 g/mol. The molecule has 1 saturated carbocycles. The summed E-state index contributed by atoms with van der Waals surface area (Å²) in [5.74, 6) is -0.717. The number of rotatable bonds is 6. The summed E-state index contributed by atoms with van der Waals surface area (Å²) in [7, 11) is 0. The number of halogens is 1. The van der Waals surface area contributed by atoms with Gasteiger partial charge in [-0.3, -0.25) is 9.59 Å². The van der Waals surface area contributed by atoms with Gasteiger partial charge in [-0.2, -0.15) is 0 Å². The number of carbonyl (C=O) groups is 2. The Morgan fingerprint density at radius 1 is 1.25 bits per heavy atom. The van der Waals surface area contributed by atoms with E-state index in [0.29, 0.717) is 23.7 Å². The third-order valence-corrected chi connectivity index (χ3v) is 6.46. The van der Waals surface area contributed by atoms with Crippen LogP contribution in [0.15, 0.2) is 41.8 Å². The van der Waals surface area contributed by atoms with Crippen LogP contribution in [0.25, 0.3) is 10.6 Å². The molecule has 2 amide bonds. The van der Waals surface area contributed by atoms with Crippen molar-refractivity contribution in [2.45, 2.75) is 25.8 Å². The van der Waals surface area contributed by atoms with Crippen LogP contribution in [-0.4, -0.2) is 16.8 Å². The van der Waals surface area contributed by atoms with Crippen molar-refractivity contribution in [1.29, 1.82) is 0 Å². The zero-order valence-corrected chi connectivity index (χ0v) is 16.7. The highest BCUT2D eigenvalue weighted by Gasteiger charge is 2.45. The molecule has 3 aromatic rings. The van der Waals surface area contributed by atoms with Crippen LogP contribution >= 0.6 is 22.7 Å². The summed E-state index contributed by atoms with van der Waals surface area (Å²) in [6.07, 6.45) is 0.655. The van der Waals surface area contributed by atoms with Gasteiger partial charge in [-0.25, -0.2) is 9.37 Å². The van der Waals surface area contributed by atoms with Gasteiger partial charge in [-0.05, 0) is 36.1 Å². The number of thiophene rings is 1. The zero-order chi connectivity index (χ0) is 19.7. The largest absolute Gasteiger partial charge is 0.351 e. The predicted molar refractivity (Wildman–Crippen MR) is 109 cm³/mol. The minimum Gasteiger partial charge on any atom is -0.351 e. The molecule has 0 spiro atoms. The minimum absolute atomic E-state index is 0.0609. The summed E-state index contributed by atoms with van der Waals surface area (Å²) >= 11 is 2.92. The average Bonchev–Trinajstić information content (AvgIpc) is 3.09.